The molecule has 38 heavy (non-hydrogen) atoms. The number of hydrogen-bond donors (Lipinski definition) is 2. The fourth-order valence-corrected chi connectivity index (χ4v) is 5.81. The number of nitrogens with one attached hydrogen (secondary N) is 2. The van der Waals surface area contributed by atoms with E-state index in [0.717, 1.165) is 11.3 Å². The smallest absolute Gasteiger partial charge is 0.411 e. The Kier molecular flexibility index (Phi) is 9.00. The molecule has 0 spiro atoms. The third-order valence-corrected chi connectivity index (χ3v) is 7.92. The van der Waals surface area contributed by atoms with Crippen molar-refractivity contribution >= 4 is 44.8 Å². The van der Waals surface area contributed by atoms with Crippen molar-refractivity contribution in [2.45, 2.75) is 42.9 Å². The van der Waals surface area contributed by atoms with Gasteiger partial charge in [0, 0.05) is 17.5 Å². The van der Waals surface area contributed by atoms with Gasteiger partial charge in [-0.25, -0.2) is 27.0 Å². The van der Waals surface area contributed by atoms with Crippen LogP contribution in [0.25, 0.3) is 0 Å². The fraction of sp³-hybridized carbons (Fsp3) is 0.435. The normalized spacial score (nSPS) is 16.6. The maximum atomic E-state index is 13.5. The number of hydrogen-bond acceptors (Lipinski definition) is 9. The van der Waals surface area contributed by atoms with Gasteiger partial charge in [0.25, 0.3) is 11.8 Å². The molecule has 2 aromatic rings. The minimum absolute atomic E-state index is 0.0279. The SMILES string of the molecule is CC(C)COC(=O)Nc1ccc(S(=O)(=O)Cc2nc(C(=O)NCC(=O)N3CC(F)(F)C[C@H]3C#N)cs2)cc1. The molecule has 1 fully saturated rings. The summed E-state index contributed by atoms with van der Waals surface area (Å²) in [6.07, 6.45) is -1.43. The summed E-state index contributed by atoms with van der Waals surface area (Å²) in [5.41, 5.74) is 0.204. The number of amides is 3. The van der Waals surface area contributed by atoms with Crippen molar-refractivity contribution < 1.29 is 36.3 Å². The molecule has 15 heteroatoms. The van der Waals surface area contributed by atoms with Gasteiger partial charge in [-0.2, -0.15) is 5.26 Å². The van der Waals surface area contributed by atoms with Crippen LogP contribution in [0.3, 0.4) is 0 Å². The average Bonchev–Trinajstić information content (AvgIpc) is 3.44. The number of halogens is 2. The second kappa shape index (κ2) is 11.8. The molecule has 3 rings (SSSR count). The first kappa shape index (κ1) is 28.9. The van der Waals surface area contributed by atoms with Crippen LogP contribution in [-0.2, 0) is 25.1 Å². The number of likely N-dealkylation sites (tertiary alicyclic amines) is 1. The molecule has 0 saturated carbocycles. The topological polar surface area (TPSA) is 159 Å². The molecule has 3 amide bonds. The van der Waals surface area contributed by atoms with E-state index < -0.39 is 65.0 Å². The molecule has 204 valence electrons. The lowest BCUT2D eigenvalue weighted by atomic mass is 10.2. The lowest BCUT2D eigenvalue weighted by molar-refractivity contribution is -0.131. The Morgan fingerprint density at radius 3 is 2.61 bits per heavy atom. The van der Waals surface area contributed by atoms with Crippen LogP contribution in [0.5, 0.6) is 0 Å². The van der Waals surface area contributed by atoms with Gasteiger partial charge >= 0.3 is 6.09 Å². The van der Waals surface area contributed by atoms with E-state index in [9.17, 15) is 31.6 Å². The van der Waals surface area contributed by atoms with Gasteiger partial charge in [0.2, 0.25) is 5.91 Å². The zero-order chi connectivity index (χ0) is 28.1. The van der Waals surface area contributed by atoms with Crippen molar-refractivity contribution in [1.82, 2.24) is 15.2 Å². The van der Waals surface area contributed by atoms with Gasteiger partial charge in [0.1, 0.15) is 22.5 Å². The third-order valence-electron chi connectivity index (χ3n) is 5.24. The number of aromatic nitrogens is 1. The number of ether oxygens (including phenoxy) is 1. The van der Waals surface area contributed by atoms with Crippen LogP contribution in [0, 0.1) is 17.2 Å². The molecule has 1 aliphatic rings. The Morgan fingerprint density at radius 1 is 1.29 bits per heavy atom. The van der Waals surface area contributed by atoms with E-state index in [0.29, 0.717) is 10.6 Å². The molecule has 1 saturated heterocycles. The zero-order valence-electron chi connectivity index (χ0n) is 20.4. The Balaban J connectivity index is 1.55. The zero-order valence-corrected chi connectivity index (χ0v) is 22.1. The van der Waals surface area contributed by atoms with Gasteiger partial charge in [0.15, 0.2) is 9.84 Å². The molecule has 0 aliphatic carbocycles. The molecule has 11 nitrogen and oxygen atoms in total. The highest BCUT2D eigenvalue weighted by Crippen LogP contribution is 2.31. The minimum atomic E-state index is -3.84. The van der Waals surface area contributed by atoms with Crippen molar-refractivity contribution in [2.24, 2.45) is 5.92 Å². The first-order chi connectivity index (χ1) is 17.8. The first-order valence-corrected chi connectivity index (χ1v) is 13.9. The van der Waals surface area contributed by atoms with Crippen molar-refractivity contribution in [1.29, 1.82) is 5.26 Å². The van der Waals surface area contributed by atoms with Gasteiger partial charge in [-0.15, -0.1) is 11.3 Å². The molecule has 1 aliphatic heterocycles. The molecule has 2 heterocycles. The molecule has 1 aromatic heterocycles. The number of nitrogens with zero attached hydrogens (tertiary/aromatic N) is 3. The van der Waals surface area contributed by atoms with Gasteiger partial charge in [-0.3, -0.25) is 14.9 Å². The second-order valence-corrected chi connectivity index (χ2v) is 11.9. The van der Waals surface area contributed by atoms with Crippen LogP contribution in [0.15, 0.2) is 34.5 Å². The Hall–Kier alpha value is -3.64. The molecular formula is C23H25F2N5O6S2. The van der Waals surface area contributed by atoms with Gasteiger partial charge in [-0.05, 0) is 30.2 Å². The summed E-state index contributed by atoms with van der Waals surface area (Å²) in [6.45, 7) is 2.49. The van der Waals surface area contributed by atoms with Gasteiger partial charge in [0.05, 0.1) is 30.7 Å². The highest BCUT2D eigenvalue weighted by Gasteiger charge is 2.47. The van der Waals surface area contributed by atoms with E-state index in [4.69, 9.17) is 10.00 Å². The summed E-state index contributed by atoms with van der Waals surface area (Å²) in [7, 11) is -3.84. The predicted octanol–water partition coefficient (Wildman–Crippen LogP) is 2.81. The number of nitriles is 1. The largest absolute Gasteiger partial charge is 0.449 e. The van der Waals surface area contributed by atoms with Crippen molar-refractivity contribution in [2.75, 3.05) is 25.0 Å². The molecule has 1 atom stereocenters. The van der Waals surface area contributed by atoms with Gasteiger partial charge < -0.3 is 15.0 Å². The third kappa shape index (κ3) is 7.68. The Morgan fingerprint density at radius 2 is 1.97 bits per heavy atom. The van der Waals surface area contributed by atoms with E-state index in [1.165, 1.54) is 29.6 Å². The number of sulfone groups is 1. The van der Waals surface area contributed by atoms with Crippen LogP contribution in [0.2, 0.25) is 0 Å². The minimum Gasteiger partial charge on any atom is -0.449 e. The molecule has 0 unspecified atom stereocenters. The standard InChI is InChI=1S/C23H25F2N5O6S2/c1-14(2)10-36-22(33)28-15-3-5-17(6-4-15)38(34,35)12-19-29-18(11-37-19)21(32)27-9-20(31)30-13-23(24,25)7-16(30)8-26/h3-6,11,14,16H,7,9-10,12-13H2,1-2H3,(H,27,32)(H,28,33)/t16-/m0/s1. The van der Waals surface area contributed by atoms with Crippen LogP contribution in [0.1, 0.15) is 35.8 Å². The monoisotopic (exact) mass is 569 g/mol. The van der Waals surface area contributed by atoms with E-state index in [-0.39, 0.29) is 28.1 Å². The Labute approximate surface area is 221 Å². The maximum absolute atomic E-state index is 13.5. The van der Waals surface area contributed by atoms with E-state index in [1.807, 2.05) is 13.8 Å². The number of carbonyl (C=O) groups is 3. The van der Waals surface area contributed by atoms with E-state index in [1.54, 1.807) is 6.07 Å². The number of rotatable bonds is 9. The molecule has 1 aromatic carbocycles. The summed E-state index contributed by atoms with van der Waals surface area (Å²) >= 11 is 0.920. The first-order valence-electron chi connectivity index (χ1n) is 11.4. The van der Waals surface area contributed by atoms with Crippen molar-refractivity contribution in [3.8, 4) is 6.07 Å². The maximum Gasteiger partial charge on any atom is 0.411 e. The van der Waals surface area contributed by atoms with Crippen molar-refractivity contribution in [3.63, 3.8) is 0 Å². The lowest BCUT2D eigenvalue weighted by Crippen LogP contribution is -2.43. The summed E-state index contributed by atoms with van der Waals surface area (Å²) in [5.74, 6) is -5.15. The quantitative estimate of drug-likeness (QED) is 0.467. The predicted molar refractivity (Wildman–Crippen MR) is 132 cm³/mol. The van der Waals surface area contributed by atoms with Crippen LogP contribution >= 0.6 is 11.3 Å². The number of thiazole rings is 1. The highest BCUT2D eigenvalue weighted by atomic mass is 32.2. The molecule has 0 radical (unpaired) electrons. The van der Waals surface area contributed by atoms with Crippen LogP contribution in [0.4, 0.5) is 19.3 Å². The van der Waals surface area contributed by atoms with Crippen LogP contribution in [-0.4, -0.2) is 67.9 Å². The lowest BCUT2D eigenvalue weighted by Gasteiger charge is -2.19. The van der Waals surface area contributed by atoms with E-state index >= 15 is 0 Å². The number of anilines is 1. The molecular weight excluding hydrogens is 544 g/mol. The summed E-state index contributed by atoms with van der Waals surface area (Å²) in [6, 6.07) is 5.82. The highest BCUT2D eigenvalue weighted by molar-refractivity contribution is 7.90. The number of alkyl halides is 2. The second-order valence-electron chi connectivity index (χ2n) is 8.94. The fourth-order valence-electron chi connectivity index (χ4n) is 3.41. The van der Waals surface area contributed by atoms with Crippen molar-refractivity contribution in [3.05, 3.63) is 40.3 Å². The number of carbonyl (C=O) groups excluding carboxylic acids is 3. The molecule has 2 N–H and O–H groups in total. The summed E-state index contributed by atoms with van der Waals surface area (Å²) in [5, 5.41) is 15.2. The molecule has 0 bridgehead atoms. The summed E-state index contributed by atoms with van der Waals surface area (Å²) < 4.78 is 57.6. The van der Waals surface area contributed by atoms with Gasteiger partial charge in [-0.1, -0.05) is 13.8 Å². The number of benzene rings is 1. The Bertz CT molecular complexity index is 1340. The van der Waals surface area contributed by atoms with E-state index in [2.05, 4.69) is 15.6 Å². The average molecular weight is 570 g/mol. The van der Waals surface area contributed by atoms with Crippen LogP contribution < -0.4 is 10.6 Å². The summed E-state index contributed by atoms with van der Waals surface area (Å²) in [4.78, 5) is 41.0.